The van der Waals surface area contributed by atoms with E-state index >= 15 is 0 Å². The van der Waals surface area contributed by atoms with Crippen LogP contribution in [0.1, 0.15) is 17.5 Å². The minimum atomic E-state index is -0.505. The highest BCUT2D eigenvalue weighted by Crippen LogP contribution is 2.25. The predicted octanol–water partition coefficient (Wildman–Crippen LogP) is 4.07. The van der Waals surface area contributed by atoms with E-state index in [1.54, 1.807) is 0 Å². The van der Waals surface area contributed by atoms with Gasteiger partial charge in [0.2, 0.25) is 5.91 Å². The first-order valence-electron chi connectivity index (χ1n) is 9.93. The number of carbonyl (C=O) groups excluding carboxylic acids is 2. The standard InChI is InChI=1S/C24H23N3O3/c28-23(16-17-8-13-22-20(15-17)7-4-14-30-22)26-27-24(29)25-21-11-9-19(10-12-21)18-5-2-1-3-6-18/h1-3,5-6,8-13,15H,4,7,14,16H2,(H,26,28)(H2,25,27,29). The van der Waals surface area contributed by atoms with Crippen LogP contribution >= 0.6 is 0 Å². The molecule has 6 heteroatoms. The smallest absolute Gasteiger partial charge is 0.337 e. The van der Waals surface area contributed by atoms with Crippen LogP contribution in [-0.2, 0) is 17.6 Å². The van der Waals surface area contributed by atoms with Crippen molar-refractivity contribution in [3.05, 3.63) is 83.9 Å². The summed E-state index contributed by atoms with van der Waals surface area (Å²) in [5.41, 5.74) is 9.63. The predicted molar refractivity (Wildman–Crippen MR) is 116 cm³/mol. The van der Waals surface area contributed by atoms with Crippen molar-refractivity contribution in [1.82, 2.24) is 10.9 Å². The molecule has 0 fully saturated rings. The van der Waals surface area contributed by atoms with Crippen molar-refractivity contribution in [3.63, 3.8) is 0 Å². The minimum Gasteiger partial charge on any atom is -0.493 e. The van der Waals surface area contributed by atoms with E-state index in [4.69, 9.17) is 4.74 Å². The van der Waals surface area contributed by atoms with E-state index in [1.165, 1.54) is 0 Å². The molecule has 152 valence electrons. The van der Waals surface area contributed by atoms with Crippen molar-refractivity contribution in [2.45, 2.75) is 19.3 Å². The fraction of sp³-hybridized carbons (Fsp3) is 0.167. The molecule has 0 atom stereocenters. The minimum absolute atomic E-state index is 0.180. The summed E-state index contributed by atoms with van der Waals surface area (Å²) in [6, 6.07) is 22.8. The van der Waals surface area contributed by atoms with Crippen molar-refractivity contribution < 1.29 is 14.3 Å². The number of anilines is 1. The second kappa shape index (κ2) is 9.13. The number of urea groups is 1. The van der Waals surface area contributed by atoms with Crippen LogP contribution in [-0.4, -0.2) is 18.5 Å². The lowest BCUT2D eigenvalue weighted by Crippen LogP contribution is -2.44. The first-order chi connectivity index (χ1) is 14.7. The van der Waals surface area contributed by atoms with E-state index in [9.17, 15) is 9.59 Å². The molecule has 1 heterocycles. The Morgan fingerprint density at radius 3 is 2.43 bits per heavy atom. The third kappa shape index (κ3) is 4.97. The first-order valence-corrected chi connectivity index (χ1v) is 9.93. The van der Waals surface area contributed by atoms with Gasteiger partial charge in [-0.05, 0) is 53.3 Å². The third-order valence-corrected chi connectivity index (χ3v) is 4.90. The van der Waals surface area contributed by atoms with Crippen molar-refractivity contribution >= 4 is 17.6 Å². The molecule has 3 amide bonds. The zero-order chi connectivity index (χ0) is 20.8. The summed E-state index contributed by atoms with van der Waals surface area (Å²) in [6.45, 7) is 0.737. The molecule has 0 spiro atoms. The zero-order valence-electron chi connectivity index (χ0n) is 16.5. The van der Waals surface area contributed by atoms with E-state index in [2.05, 4.69) is 16.2 Å². The van der Waals surface area contributed by atoms with Crippen LogP contribution in [0.5, 0.6) is 5.75 Å². The molecule has 0 aliphatic carbocycles. The highest BCUT2D eigenvalue weighted by molar-refractivity contribution is 5.91. The van der Waals surface area contributed by atoms with E-state index in [-0.39, 0.29) is 12.3 Å². The van der Waals surface area contributed by atoms with Gasteiger partial charge in [-0.25, -0.2) is 10.2 Å². The molecule has 3 aromatic rings. The Labute approximate surface area is 175 Å². The van der Waals surface area contributed by atoms with Crippen LogP contribution in [0.15, 0.2) is 72.8 Å². The lowest BCUT2D eigenvalue weighted by molar-refractivity contribution is -0.121. The van der Waals surface area contributed by atoms with Crippen molar-refractivity contribution in [2.75, 3.05) is 11.9 Å². The molecule has 0 saturated carbocycles. The average Bonchev–Trinajstić information content (AvgIpc) is 2.79. The highest BCUT2D eigenvalue weighted by Gasteiger charge is 2.12. The Balaban J connectivity index is 1.26. The maximum Gasteiger partial charge on any atom is 0.337 e. The fourth-order valence-electron chi connectivity index (χ4n) is 3.42. The Bertz CT molecular complexity index is 1030. The van der Waals surface area contributed by atoms with Gasteiger partial charge in [0.25, 0.3) is 0 Å². The van der Waals surface area contributed by atoms with Gasteiger partial charge in [0.15, 0.2) is 0 Å². The number of nitrogens with one attached hydrogen (secondary N) is 3. The Morgan fingerprint density at radius 2 is 1.63 bits per heavy atom. The lowest BCUT2D eigenvalue weighted by Gasteiger charge is -2.17. The van der Waals surface area contributed by atoms with Crippen LogP contribution in [0.4, 0.5) is 10.5 Å². The summed E-state index contributed by atoms with van der Waals surface area (Å²) < 4.78 is 5.59. The highest BCUT2D eigenvalue weighted by atomic mass is 16.5. The summed E-state index contributed by atoms with van der Waals surface area (Å²) in [4.78, 5) is 24.2. The summed E-state index contributed by atoms with van der Waals surface area (Å²) in [7, 11) is 0. The first kappa shape index (κ1) is 19.5. The topological polar surface area (TPSA) is 79.5 Å². The Kier molecular flexibility index (Phi) is 5.94. The van der Waals surface area contributed by atoms with Gasteiger partial charge in [0.05, 0.1) is 13.0 Å². The molecule has 0 unspecified atom stereocenters. The van der Waals surface area contributed by atoms with Crippen LogP contribution in [0.25, 0.3) is 11.1 Å². The SMILES string of the molecule is O=C(Cc1ccc2c(c1)CCCO2)NNC(=O)Nc1ccc(-c2ccccc2)cc1. The van der Waals surface area contributed by atoms with Gasteiger partial charge in [-0.2, -0.15) is 0 Å². The molecule has 0 radical (unpaired) electrons. The fourth-order valence-corrected chi connectivity index (χ4v) is 3.42. The Hall–Kier alpha value is -3.80. The number of rotatable bonds is 4. The zero-order valence-corrected chi connectivity index (χ0v) is 16.5. The second-order valence-corrected chi connectivity index (χ2v) is 7.14. The molecule has 3 N–H and O–H groups in total. The molecule has 4 rings (SSSR count). The molecule has 30 heavy (non-hydrogen) atoms. The van der Waals surface area contributed by atoms with Crippen molar-refractivity contribution in [3.8, 4) is 16.9 Å². The quantitative estimate of drug-likeness (QED) is 0.577. The number of amides is 3. The third-order valence-electron chi connectivity index (χ3n) is 4.90. The average molecular weight is 401 g/mol. The maximum absolute atomic E-state index is 12.2. The number of ether oxygens (including phenoxy) is 1. The number of hydrogen-bond donors (Lipinski definition) is 3. The summed E-state index contributed by atoms with van der Waals surface area (Å²) >= 11 is 0. The van der Waals surface area contributed by atoms with E-state index in [0.717, 1.165) is 47.5 Å². The van der Waals surface area contributed by atoms with Crippen LogP contribution in [0, 0.1) is 0 Å². The van der Waals surface area contributed by atoms with E-state index in [1.807, 2.05) is 72.8 Å². The van der Waals surface area contributed by atoms with Gasteiger partial charge >= 0.3 is 6.03 Å². The van der Waals surface area contributed by atoms with Gasteiger partial charge in [-0.1, -0.05) is 54.6 Å². The van der Waals surface area contributed by atoms with Crippen LogP contribution in [0.3, 0.4) is 0 Å². The molecule has 1 aliphatic heterocycles. The molecular formula is C24H23N3O3. The number of carbonyl (C=O) groups is 2. The largest absolute Gasteiger partial charge is 0.493 e. The monoisotopic (exact) mass is 401 g/mol. The van der Waals surface area contributed by atoms with Gasteiger partial charge in [0, 0.05) is 5.69 Å². The number of benzene rings is 3. The van der Waals surface area contributed by atoms with E-state index in [0.29, 0.717) is 5.69 Å². The number of hydrazine groups is 1. The molecule has 0 aromatic heterocycles. The molecule has 3 aromatic carbocycles. The summed E-state index contributed by atoms with van der Waals surface area (Å²) in [5.74, 6) is 0.599. The Morgan fingerprint density at radius 1 is 0.867 bits per heavy atom. The lowest BCUT2D eigenvalue weighted by atomic mass is 10.0. The van der Waals surface area contributed by atoms with Gasteiger partial charge in [-0.3, -0.25) is 10.2 Å². The second-order valence-electron chi connectivity index (χ2n) is 7.14. The molecule has 0 bridgehead atoms. The molecule has 1 aliphatic rings. The number of aryl methyl sites for hydroxylation is 1. The van der Waals surface area contributed by atoms with Crippen molar-refractivity contribution in [2.24, 2.45) is 0 Å². The van der Waals surface area contributed by atoms with Gasteiger partial charge in [0.1, 0.15) is 5.75 Å². The summed E-state index contributed by atoms with van der Waals surface area (Å²) in [5, 5.41) is 2.70. The van der Waals surface area contributed by atoms with Gasteiger partial charge < -0.3 is 10.1 Å². The molecule has 6 nitrogen and oxygen atoms in total. The number of hydrogen-bond acceptors (Lipinski definition) is 3. The van der Waals surface area contributed by atoms with Crippen molar-refractivity contribution in [1.29, 1.82) is 0 Å². The van der Waals surface area contributed by atoms with E-state index < -0.39 is 6.03 Å². The summed E-state index contributed by atoms with van der Waals surface area (Å²) in [6.07, 6.45) is 2.12. The van der Waals surface area contributed by atoms with Crippen LogP contribution in [0.2, 0.25) is 0 Å². The molecule has 0 saturated heterocycles. The van der Waals surface area contributed by atoms with Gasteiger partial charge in [-0.15, -0.1) is 0 Å². The maximum atomic E-state index is 12.2. The number of fused-ring (bicyclic) bond motifs is 1. The molecular weight excluding hydrogens is 378 g/mol. The van der Waals surface area contributed by atoms with Crippen LogP contribution < -0.4 is 20.9 Å². The normalized spacial score (nSPS) is 12.3.